The third-order valence-electron chi connectivity index (χ3n) is 2.68. The molecule has 1 unspecified atom stereocenters. The van der Waals surface area contributed by atoms with Crippen molar-refractivity contribution in [1.82, 2.24) is 5.32 Å². The van der Waals surface area contributed by atoms with E-state index >= 15 is 0 Å². The summed E-state index contributed by atoms with van der Waals surface area (Å²) >= 11 is 3.38. The molecule has 0 aliphatic heterocycles. The highest BCUT2D eigenvalue weighted by molar-refractivity contribution is 9.10. The van der Waals surface area contributed by atoms with Crippen molar-refractivity contribution in [2.24, 2.45) is 0 Å². The number of hydrogen-bond acceptors (Lipinski definition) is 1. The molecule has 0 saturated heterocycles. The summed E-state index contributed by atoms with van der Waals surface area (Å²) in [4.78, 5) is 0. The van der Waals surface area contributed by atoms with Crippen LogP contribution in [-0.2, 0) is 6.42 Å². The number of hydrogen-bond donors (Lipinski definition) is 1. The molecule has 3 heteroatoms. The largest absolute Gasteiger partial charge is 0.317 e. The Bertz CT molecular complexity index is 310. The molecule has 1 rings (SSSR count). The van der Waals surface area contributed by atoms with Crippen molar-refractivity contribution in [3.8, 4) is 0 Å². The number of aryl methyl sites for hydroxylation is 1. The maximum absolute atomic E-state index is 12.8. The molecule has 0 heterocycles. The SMILES string of the molecule is CCC(CCc1ccc(F)cc1Br)NC. The fourth-order valence-corrected chi connectivity index (χ4v) is 2.16. The van der Waals surface area contributed by atoms with Gasteiger partial charge in [-0.1, -0.05) is 28.9 Å². The van der Waals surface area contributed by atoms with Crippen LogP contribution in [0.15, 0.2) is 22.7 Å². The molecule has 0 bridgehead atoms. The van der Waals surface area contributed by atoms with E-state index in [-0.39, 0.29) is 5.82 Å². The van der Waals surface area contributed by atoms with Gasteiger partial charge in [-0.25, -0.2) is 4.39 Å². The topological polar surface area (TPSA) is 12.0 Å². The van der Waals surface area contributed by atoms with Crippen LogP contribution in [0.25, 0.3) is 0 Å². The minimum atomic E-state index is -0.189. The van der Waals surface area contributed by atoms with Crippen LogP contribution in [0.3, 0.4) is 0 Å². The smallest absolute Gasteiger partial charge is 0.124 e. The van der Waals surface area contributed by atoms with Crippen molar-refractivity contribution >= 4 is 15.9 Å². The highest BCUT2D eigenvalue weighted by Crippen LogP contribution is 2.20. The summed E-state index contributed by atoms with van der Waals surface area (Å²) in [5, 5.41) is 3.26. The van der Waals surface area contributed by atoms with Crippen LogP contribution in [0.4, 0.5) is 4.39 Å². The minimum absolute atomic E-state index is 0.189. The van der Waals surface area contributed by atoms with Gasteiger partial charge in [0, 0.05) is 10.5 Å². The van der Waals surface area contributed by atoms with E-state index < -0.39 is 0 Å². The Balaban J connectivity index is 2.57. The Kier molecular flexibility index (Phi) is 5.26. The van der Waals surface area contributed by atoms with Gasteiger partial charge in [0.15, 0.2) is 0 Å². The highest BCUT2D eigenvalue weighted by Gasteiger charge is 2.06. The van der Waals surface area contributed by atoms with Gasteiger partial charge in [0.05, 0.1) is 0 Å². The molecule has 0 spiro atoms. The van der Waals surface area contributed by atoms with Gasteiger partial charge in [0.2, 0.25) is 0 Å². The highest BCUT2D eigenvalue weighted by atomic mass is 79.9. The van der Waals surface area contributed by atoms with Crippen LogP contribution in [0.1, 0.15) is 25.3 Å². The van der Waals surface area contributed by atoms with Crippen molar-refractivity contribution in [1.29, 1.82) is 0 Å². The molecule has 1 aromatic rings. The lowest BCUT2D eigenvalue weighted by Crippen LogP contribution is -2.24. The van der Waals surface area contributed by atoms with E-state index in [0.717, 1.165) is 23.7 Å². The molecular formula is C12H17BrFN. The van der Waals surface area contributed by atoms with Gasteiger partial charge in [-0.3, -0.25) is 0 Å². The molecule has 0 amide bonds. The lowest BCUT2D eigenvalue weighted by Gasteiger charge is -2.13. The molecule has 1 aromatic carbocycles. The zero-order chi connectivity index (χ0) is 11.3. The van der Waals surface area contributed by atoms with E-state index in [2.05, 4.69) is 28.2 Å². The van der Waals surface area contributed by atoms with E-state index in [1.807, 2.05) is 13.1 Å². The lowest BCUT2D eigenvalue weighted by atomic mass is 10.0. The van der Waals surface area contributed by atoms with Gasteiger partial charge in [0.1, 0.15) is 5.82 Å². The minimum Gasteiger partial charge on any atom is -0.317 e. The second kappa shape index (κ2) is 6.23. The van der Waals surface area contributed by atoms with Gasteiger partial charge < -0.3 is 5.32 Å². The summed E-state index contributed by atoms with van der Waals surface area (Å²) in [6.07, 6.45) is 3.17. The molecular weight excluding hydrogens is 257 g/mol. The fraction of sp³-hybridized carbons (Fsp3) is 0.500. The van der Waals surface area contributed by atoms with Gasteiger partial charge >= 0.3 is 0 Å². The van der Waals surface area contributed by atoms with E-state index in [4.69, 9.17) is 0 Å². The maximum Gasteiger partial charge on any atom is 0.124 e. The predicted molar refractivity (Wildman–Crippen MR) is 65.6 cm³/mol. The van der Waals surface area contributed by atoms with E-state index in [1.54, 1.807) is 0 Å². The van der Waals surface area contributed by atoms with Gasteiger partial charge in [-0.05, 0) is 44.0 Å². The van der Waals surface area contributed by atoms with Gasteiger partial charge in [-0.15, -0.1) is 0 Å². The fourth-order valence-electron chi connectivity index (χ4n) is 1.61. The van der Waals surface area contributed by atoms with E-state index in [0.29, 0.717) is 6.04 Å². The molecule has 1 N–H and O–H groups in total. The predicted octanol–water partition coefficient (Wildman–Crippen LogP) is 3.52. The molecule has 0 radical (unpaired) electrons. The Morgan fingerprint density at radius 2 is 2.20 bits per heavy atom. The van der Waals surface area contributed by atoms with Crippen LogP contribution in [0, 0.1) is 5.82 Å². The van der Waals surface area contributed by atoms with Crippen molar-refractivity contribution in [2.75, 3.05) is 7.05 Å². The molecule has 0 aliphatic rings. The molecule has 0 fully saturated rings. The van der Waals surface area contributed by atoms with Crippen LogP contribution >= 0.6 is 15.9 Å². The van der Waals surface area contributed by atoms with Gasteiger partial charge in [0.25, 0.3) is 0 Å². The first kappa shape index (κ1) is 12.7. The summed E-state index contributed by atoms with van der Waals surface area (Å²) in [6.45, 7) is 2.17. The van der Waals surface area contributed by atoms with E-state index in [1.165, 1.54) is 17.7 Å². The molecule has 0 aliphatic carbocycles. The number of rotatable bonds is 5. The average Bonchev–Trinajstić information content (AvgIpc) is 2.22. The zero-order valence-corrected chi connectivity index (χ0v) is 10.8. The zero-order valence-electron chi connectivity index (χ0n) is 9.19. The quantitative estimate of drug-likeness (QED) is 0.866. The third-order valence-corrected chi connectivity index (χ3v) is 3.42. The number of benzene rings is 1. The molecule has 0 saturated carbocycles. The first-order valence-electron chi connectivity index (χ1n) is 5.28. The normalized spacial score (nSPS) is 12.8. The average molecular weight is 274 g/mol. The Morgan fingerprint density at radius 1 is 1.47 bits per heavy atom. The van der Waals surface area contributed by atoms with Crippen molar-refractivity contribution in [2.45, 2.75) is 32.2 Å². The first-order valence-corrected chi connectivity index (χ1v) is 6.07. The molecule has 1 atom stereocenters. The summed E-state index contributed by atoms with van der Waals surface area (Å²) in [7, 11) is 1.98. The summed E-state index contributed by atoms with van der Waals surface area (Å²) in [6, 6.07) is 5.43. The third kappa shape index (κ3) is 3.92. The number of halogens is 2. The van der Waals surface area contributed by atoms with Crippen molar-refractivity contribution in [3.05, 3.63) is 34.1 Å². The first-order chi connectivity index (χ1) is 7.17. The molecule has 0 aromatic heterocycles. The van der Waals surface area contributed by atoms with Crippen LogP contribution in [0.2, 0.25) is 0 Å². The number of nitrogens with one attached hydrogen (secondary N) is 1. The molecule has 84 valence electrons. The van der Waals surface area contributed by atoms with E-state index in [9.17, 15) is 4.39 Å². The second-order valence-electron chi connectivity index (χ2n) is 3.67. The Hall–Kier alpha value is -0.410. The van der Waals surface area contributed by atoms with Crippen LogP contribution in [0.5, 0.6) is 0 Å². The Labute approximate surface area is 99.2 Å². The lowest BCUT2D eigenvalue weighted by molar-refractivity contribution is 0.508. The van der Waals surface area contributed by atoms with Crippen molar-refractivity contribution in [3.63, 3.8) is 0 Å². The summed E-state index contributed by atoms with van der Waals surface area (Å²) in [5.74, 6) is -0.189. The van der Waals surface area contributed by atoms with Gasteiger partial charge in [-0.2, -0.15) is 0 Å². The molecule has 1 nitrogen and oxygen atoms in total. The monoisotopic (exact) mass is 273 g/mol. The van der Waals surface area contributed by atoms with Crippen LogP contribution < -0.4 is 5.32 Å². The second-order valence-corrected chi connectivity index (χ2v) is 4.52. The Morgan fingerprint density at radius 3 is 2.73 bits per heavy atom. The van der Waals surface area contributed by atoms with Crippen LogP contribution in [-0.4, -0.2) is 13.1 Å². The summed E-state index contributed by atoms with van der Waals surface area (Å²) in [5.41, 5.74) is 1.17. The maximum atomic E-state index is 12.8. The van der Waals surface area contributed by atoms with Crippen molar-refractivity contribution < 1.29 is 4.39 Å². The summed E-state index contributed by atoms with van der Waals surface area (Å²) < 4.78 is 13.7. The standard InChI is InChI=1S/C12H17BrFN/c1-3-11(15-2)7-5-9-4-6-10(14)8-12(9)13/h4,6,8,11,15H,3,5,7H2,1-2H3. The molecule has 15 heavy (non-hydrogen) atoms.